The summed E-state index contributed by atoms with van der Waals surface area (Å²) in [6.07, 6.45) is 4.24. The Hall–Kier alpha value is -1.64. The molecule has 0 amide bonds. The molecule has 0 unspecified atom stereocenters. The van der Waals surface area contributed by atoms with Gasteiger partial charge in [0.05, 0.1) is 17.6 Å². The van der Waals surface area contributed by atoms with E-state index in [2.05, 4.69) is 66.7 Å². The van der Waals surface area contributed by atoms with Gasteiger partial charge in [-0.25, -0.2) is 9.97 Å². The third-order valence-corrected chi connectivity index (χ3v) is 5.26. The number of benzene rings is 1. The van der Waals surface area contributed by atoms with Crippen LogP contribution in [-0.4, -0.2) is 16.6 Å². The van der Waals surface area contributed by atoms with Gasteiger partial charge < -0.3 is 4.74 Å². The first-order valence-electron chi connectivity index (χ1n) is 9.70. The number of hydrogen-bond donors (Lipinski definition) is 0. The molecule has 0 spiro atoms. The molecular weight excluding hydrogens is 308 g/mol. The first-order chi connectivity index (χ1) is 11.7. The van der Waals surface area contributed by atoms with E-state index in [0.717, 1.165) is 42.4 Å². The van der Waals surface area contributed by atoms with E-state index in [0.29, 0.717) is 12.5 Å². The van der Waals surface area contributed by atoms with Gasteiger partial charge in [0.25, 0.3) is 0 Å². The lowest BCUT2D eigenvalue weighted by Crippen LogP contribution is -2.21. The molecule has 0 radical (unpaired) electrons. The zero-order valence-electron chi connectivity index (χ0n) is 17.1. The zero-order chi connectivity index (χ0) is 18.7. The van der Waals surface area contributed by atoms with Crippen LogP contribution in [0, 0.1) is 0 Å². The summed E-state index contributed by atoms with van der Waals surface area (Å²) in [6, 6.07) is 6.48. The molecule has 3 heteroatoms. The van der Waals surface area contributed by atoms with Gasteiger partial charge in [-0.05, 0) is 42.4 Å². The monoisotopic (exact) mass is 342 g/mol. The van der Waals surface area contributed by atoms with Gasteiger partial charge in [-0.3, -0.25) is 0 Å². The average Bonchev–Trinajstić information content (AvgIpc) is 2.58. The maximum atomic E-state index is 5.97. The fourth-order valence-electron chi connectivity index (χ4n) is 3.15. The Morgan fingerprint density at radius 1 is 0.880 bits per heavy atom. The highest BCUT2D eigenvalue weighted by Gasteiger charge is 2.28. The molecule has 2 rings (SSSR count). The number of ether oxygens (including phenoxy) is 1. The lowest BCUT2D eigenvalue weighted by atomic mass is 9.82. The Kier molecular flexibility index (Phi) is 6.08. The minimum atomic E-state index is -0.0463. The fraction of sp³-hybridized carbons (Fsp3) is 0.636. The summed E-state index contributed by atoms with van der Waals surface area (Å²) in [7, 11) is 0. The highest BCUT2D eigenvalue weighted by molar-refractivity contribution is 5.76. The van der Waals surface area contributed by atoms with E-state index in [1.807, 2.05) is 0 Å². The second-order valence-corrected chi connectivity index (χ2v) is 8.30. The standard InChI is InChI=1S/C22H34N2O/c1-8-13-22(6,7)19-20(25-14-9-2)24-17-12-11-16(15-18(17)23-19)21(4,5)10-3/h11-12,15H,8-10,13-14H2,1-7H3. The Labute approximate surface area is 153 Å². The smallest absolute Gasteiger partial charge is 0.236 e. The topological polar surface area (TPSA) is 35.0 Å². The van der Waals surface area contributed by atoms with Gasteiger partial charge in [0, 0.05) is 5.41 Å². The van der Waals surface area contributed by atoms with Crippen molar-refractivity contribution in [2.24, 2.45) is 0 Å². The number of nitrogens with zero attached hydrogens (tertiary/aromatic N) is 2. The van der Waals surface area contributed by atoms with Crippen molar-refractivity contribution in [3.05, 3.63) is 29.5 Å². The molecule has 0 bridgehead atoms. The van der Waals surface area contributed by atoms with E-state index in [9.17, 15) is 0 Å². The summed E-state index contributed by atoms with van der Waals surface area (Å²) >= 11 is 0. The first kappa shape index (κ1) is 19.7. The van der Waals surface area contributed by atoms with Crippen LogP contribution in [0.15, 0.2) is 18.2 Å². The van der Waals surface area contributed by atoms with Crippen LogP contribution in [0.1, 0.15) is 85.4 Å². The maximum Gasteiger partial charge on any atom is 0.236 e. The van der Waals surface area contributed by atoms with Crippen molar-refractivity contribution in [2.75, 3.05) is 6.61 Å². The number of fused-ring (bicyclic) bond motifs is 1. The molecule has 25 heavy (non-hydrogen) atoms. The van der Waals surface area contributed by atoms with Gasteiger partial charge >= 0.3 is 0 Å². The lowest BCUT2D eigenvalue weighted by molar-refractivity contribution is 0.290. The van der Waals surface area contributed by atoms with Gasteiger partial charge in [0.1, 0.15) is 5.69 Å². The molecule has 0 aliphatic rings. The zero-order valence-corrected chi connectivity index (χ0v) is 17.1. The van der Waals surface area contributed by atoms with Crippen LogP contribution in [0.5, 0.6) is 5.88 Å². The molecule has 0 atom stereocenters. The molecule has 0 aliphatic heterocycles. The van der Waals surface area contributed by atoms with Crippen LogP contribution < -0.4 is 4.74 Å². The molecule has 2 aromatic rings. The van der Waals surface area contributed by atoms with Crippen molar-refractivity contribution >= 4 is 11.0 Å². The highest BCUT2D eigenvalue weighted by Crippen LogP contribution is 2.35. The van der Waals surface area contributed by atoms with Crippen LogP contribution in [0.2, 0.25) is 0 Å². The van der Waals surface area contributed by atoms with E-state index < -0.39 is 0 Å². The van der Waals surface area contributed by atoms with Crippen molar-refractivity contribution in [1.29, 1.82) is 0 Å². The van der Waals surface area contributed by atoms with Crippen molar-refractivity contribution in [3.8, 4) is 5.88 Å². The third-order valence-electron chi connectivity index (χ3n) is 5.26. The van der Waals surface area contributed by atoms with Crippen LogP contribution in [0.3, 0.4) is 0 Å². The molecule has 138 valence electrons. The van der Waals surface area contributed by atoms with Crippen LogP contribution in [0.4, 0.5) is 0 Å². The molecule has 0 fully saturated rings. The molecule has 0 saturated carbocycles. The average molecular weight is 343 g/mol. The van der Waals surface area contributed by atoms with Crippen molar-refractivity contribution in [3.63, 3.8) is 0 Å². The van der Waals surface area contributed by atoms with Gasteiger partial charge in [0.15, 0.2) is 0 Å². The molecule has 0 aliphatic carbocycles. The van der Waals surface area contributed by atoms with Gasteiger partial charge in [-0.15, -0.1) is 0 Å². The summed E-state index contributed by atoms with van der Waals surface area (Å²) < 4.78 is 5.97. The second-order valence-electron chi connectivity index (χ2n) is 8.30. The summed E-state index contributed by atoms with van der Waals surface area (Å²) in [4.78, 5) is 9.86. The van der Waals surface area contributed by atoms with E-state index >= 15 is 0 Å². The SMILES string of the molecule is CCCOc1nc2ccc(C(C)(C)CC)cc2nc1C(C)(C)CCC. The fourth-order valence-corrected chi connectivity index (χ4v) is 3.15. The van der Waals surface area contributed by atoms with Crippen LogP contribution in [-0.2, 0) is 10.8 Å². The molecule has 0 N–H and O–H groups in total. The van der Waals surface area contributed by atoms with Gasteiger partial charge in [0.2, 0.25) is 5.88 Å². The van der Waals surface area contributed by atoms with Crippen LogP contribution in [0.25, 0.3) is 11.0 Å². The second kappa shape index (κ2) is 7.72. The van der Waals surface area contributed by atoms with Crippen molar-refractivity contribution in [1.82, 2.24) is 9.97 Å². The largest absolute Gasteiger partial charge is 0.476 e. The molecule has 0 saturated heterocycles. The van der Waals surface area contributed by atoms with Gasteiger partial charge in [-0.2, -0.15) is 0 Å². The lowest BCUT2D eigenvalue weighted by Gasteiger charge is -2.26. The summed E-state index contributed by atoms with van der Waals surface area (Å²) in [5, 5.41) is 0. The van der Waals surface area contributed by atoms with E-state index in [1.54, 1.807) is 0 Å². The van der Waals surface area contributed by atoms with Crippen LogP contribution >= 0.6 is 0 Å². The molecule has 1 heterocycles. The molecule has 1 aromatic carbocycles. The minimum absolute atomic E-state index is 0.0463. The van der Waals surface area contributed by atoms with Crippen molar-refractivity contribution in [2.45, 2.75) is 85.0 Å². The molecule has 3 nitrogen and oxygen atoms in total. The Morgan fingerprint density at radius 3 is 2.20 bits per heavy atom. The van der Waals surface area contributed by atoms with E-state index in [1.165, 1.54) is 5.56 Å². The number of aromatic nitrogens is 2. The van der Waals surface area contributed by atoms with Crippen molar-refractivity contribution < 1.29 is 4.74 Å². The van der Waals surface area contributed by atoms with Gasteiger partial charge in [-0.1, -0.05) is 61.0 Å². The Bertz CT molecular complexity index is 719. The highest BCUT2D eigenvalue weighted by atomic mass is 16.5. The normalized spacial score (nSPS) is 12.6. The Balaban J connectivity index is 2.61. The van der Waals surface area contributed by atoms with E-state index in [4.69, 9.17) is 14.7 Å². The predicted octanol–water partition coefficient (Wildman–Crippen LogP) is 6.18. The molecule has 1 aromatic heterocycles. The summed E-state index contributed by atoms with van der Waals surface area (Å²) in [5.74, 6) is 0.704. The summed E-state index contributed by atoms with van der Waals surface area (Å²) in [6.45, 7) is 16.3. The molecular formula is C22H34N2O. The maximum absolute atomic E-state index is 5.97. The third kappa shape index (κ3) is 4.31. The Morgan fingerprint density at radius 2 is 1.60 bits per heavy atom. The summed E-state index contributed by atoms with van der Waals surface area (Å²) in [5.41, 5.74) is 4.29. The number of hydrogen-bond acceptors (Lipinski definition) is 3. The van der Waals surface area contributed by atoms with E-state index in [-0.39, 0.29) is 10.8 Å². The predicted molar refractivity (Wildman–Crippen MR) is 107 cm³/mol. The quantitative estimate of drug-likeness (QED) is 0.574. The number of rotatable bonds is 8. The minimum Gasteiger partial charge on any atom is -0.476 e. The first-order valence-corrected chi connectivity index (χ1v) is 9.70.